The van der Waals surface area contributed by atoms with Crippen LogP contribution in [0.2, 0.25) is 0 Å². The molecule has 2 aromatic heterocycles. The number of benzene rings is 1. The maximum absolute atomic E-state index is 13.4. The molecule has 0 bridgehead atoms. The van der Waals surface area contributed by atoms with Gasteiger partial charge in [-0.2, -0.15) is 0 Å². The van der Waals surface area contributed by atoms with Crippen LogP contribution in [0.4, 0.5) is 0 Å². The third kappa shape index (κ3) is 4.49. The molecule has 7 nitrogen and oxygen atoms in total. The molecule has 0 N–H and O–H groups in total. The quantitative estimate of drug-likeness (QED) is 0.434. The second kappa shape index (κ2) is 8.61. The van der Waals surface area contributed by atoms with Gasteiger partial charge in [-0.15, -0.1) is 0 Å². The number of nitrogens with zero attached hydrogens (tertiary/aromatic N) is 2. The molecular formula is C26H30N2O5. The van der Waals surface area contributed by atoms with E-state index in [0.29, 0.717) is 42.0 Å². The van der Waals surface area contributed by atoms with Crippen molar-refractivity contribution in [3.8, 4) is 11.5 Å². The van der Waals surface area contributed by atoms with Gasteiger partial charge in [-0.1, -0.05) is 12.1 Å². The van der Waals surface area contributed by atoms with Gasteiger partial charge in [0.15, 0.2) is 11.5 Å². The van der Waals surface area contributed by atoms with Gasteiger partial charge in [0, 0.05) is 17.5 Å². The van der Waals surface area contributed by atoms with Crippen molar-refractivity contribution in [1.29, 1.82) is 0 Å². The van der Waals surface area contributed by atoms with Crippen LogP contribution in [-0.2, 0) is 13.2 Å². The van der Waals surface area contributed by atoms with E-state index in [1.807, 2.05) is 24.8 Å². The Morgan fingerprint density at radius 3 is 2.61 bits per heavy atom. The topological polar surface area (TPSA) is 77.9 Å². The monoisotopic (exact) mass is 450 g/mol. The van der Waals surface area contributed by atoms with Crippen LogP contribution >= 0.6 is 0 Å². The van der Waals surface area contributed by atoms with E-state index in [2.05, 4.69) is 18.1 Å². The molecule has 2 saturated carbocycles. The van der Waals surface area contributed by atoms with E-state index in [9.17, 15) is 4.79 Å². The van der Waals surface area contributed by atoms with Gasteiger partial charge in [-0.25, -0.2) is 0 Å². The van der Waals surface area contributed by atoms with E-state index in [-0.39, 0.29) is 11.9 Å². The first-order valence-electron chi connectivity index (χ1n) is 11.6. The van der Waals surface area contributed by atoms with E-state index in [1.54, 1.807) is 25.3 Å². The number of carbonyl (C=O) groups is 1. The minimum atomic E-state index is -0.0224. The fourth-order valence-electron chi connectivity index (χ4n) is 4.26. The number of ether oxygens (including phenoxy) is 2. The minimum absolute atomic E-state index is 0.0224. The van der Waals surface area contributed by atoms with Crippen molar-refractivity contribution in [2.45, 2.75) is 65.1 Å². The van der Waals surface area contributed by atoms with Crippen LogP contribution in [0.15, 0.2) is 39.3 Å². The van der Waals surface area contributed by atoms with Crippen LogP contribution in [0, 0.1) is 19.8 Å². The van der Waals surface area contributed by atoms with Crippen molar-refractivity contribution in [2.24, 2.45) is 5.92 Å². The Bertz CT molecular complexity index is 1140. The summed E-state index contributed by atoms with van der Waals surface area (Å²) in [5.41, 5.74) is 2.29. The summed E-state index contributed by atoms with van der Waals surface area (Å²) in [4.78, 5) is 15.3. The molecule has 2 aliphatic rings. The second-order valence-corrected chi connectivity index (χ2v) is 9.24. The molecule has 2 heterocycles. The van der Waals surface area contributed by atoms with Crippen LogP contribution < -0.4 is 9.47 Å². The molecule has 2 aliphatic carbocycles. The normalized spacial score (nSPS) is 19.4. The Morgan fingerprint density at radius 1 is 1.18 bits per heavy atom. The molecule has 174 valence electrons. The zero-order valence-electron chi connectivity index (χ0n) is 19.6. The molecule has 1 amide bonds. The Morgan fingerprint density at radius 2 is 1.97 bits per heavy atom. The molecule has 1 aromatic carbocycles. The van der Waals surface area contributed by atoms with E-state index in [1.165, 1.54) is 6.42 Å². The fraction of sp³-hybridized carbons (Fsp3) is 0.462. The van der Waals surface area contributed by atoms with Crippen molar-refractivity contribution in [3.05, 3.63) is 64.4 Å². The van der Waals surface area contributed by atoms with Gasteiger partial charge in [-0.05, 0) is 69.4 Å². The van der Waals surface area contributed by atoms with Gasteiger partial charge in [0.1, 0.15) is 23.9 Å². The van der Waals surface area contributed by atoms with Gasteiger partial charge in [0.25, 0.3) is 5.91 Å². The van der Waals surface area contributed by atoms with Crippen LogP contribution in [0.3, 0.4) is 0 Å². The van der Waals surface area contributed by atoms with Crippen molar-refractivity contribution >= 4 is 5.91 Å². The predicted molar refractivity (Wildman–Crippen MR) is 121 cm³/mol. The lowest BCUT2D eigenvalue weighted by Crippen LogP contribution is -2.32. The van der Waals surface area contributed by atoms with Crippen molar-refractivity contribution in [1.82, 2.24) is 10.1 Å². The summed E-state index contributed by atoms with van der Waals surface area (Å²) in [5, 5.41) is 3.96. The highest BCUT2D eigenvalue weighted by Crippen LogP contribution is 2.47. The summed E-state index contributed by atoms with van der Waals surface area (Å²) in [6.45, 7) is 6.78. The lowest BCUT2D eigenvalue weighted by molar-refractivity contribution is 0.0716. The van der Waals surface area contributed by atoms with Gasteiger partial charge < -0.3 is 23.3 Å². The Hall–Kier alpha value is -3.22. The van der Waals surface area contributed by atoms with Gasteiger partial charge in [0.2, 0.25) is 0 Å². The highest BCUT2D eigenvalue weighted by molar-refractivity contribution is 5.95. The third-order valence-electron chi connectivity index (χ3n) is 6.70. The Kier molecular flexibility index (Phi) is 5.64. The molecule has 3 aromatic rings. The van der Waals surface area contributed by atoms with Gasteiger partial charge >= 0.3 is 0 Å². The van der Waals surface area contributed by atoms with Crippen molar-refractivity contribution < 1.29 is 23.2 Å². The zero-order chi connectivity index (χ0) is 23.1. The smallest absolute Gasteiger partial charge is 0.254 e. The summed E-state index contributed by atoms with van der Waals surface area (Å²) in [6.07, 6.45) is 3.23. The first-order chi connectivity index (χ1) is 15.9. The molecule has 2 atom stereocenters. The van der Waals surface area contributed by atoms with Crippen LogP contribution in [-0.4, -0.2) is 29.1 Å². The Labute approximate surface area is 193 Å². The molecule has 0 radical (unpaired) electrons. The summed E-state index contributed by atoms with van der Waals surface area (Å²) >= 11 is 0. The molecule has 0 spiro atoms. The van der Waals surface area contributed by atoms with E-state index in [0.717, 1.165) is 41.4 Å². The fourth-order valence-corrected chi connectivity index (χ4v) is 4.26. The first-order valence-corrected chi connectivity index (χ1v) is 11.6. The lowest BCUT2D eigenvalue weighted by Gasteiger charge is -2.22. The summed E-state index contributed by atoms with van der Waals surface area (Å²) < 4.78 is 22.8. The average Bonchev–Trinajstić information content (AvgIpc) is 3.72. The minimum Gasteiger partial charge on any atom is -0.493 e. The second-order valence-electron chi connectivity index (χ2n) is 9.24. The van der Waals surface area contributed by atoms with E-state index < -0.39 is 0 Å². The maximum atomic E-state index is 13.4. The van der Waals surface area contributed by atoms with Gasteiger partial charge in [-0.3, -0.25) is 4.79 Å². The standard InChI is InChI=1S/C26H30N2O5/c1-15-11-21(15)23-10-8-20(32-23)13-28(19-6-7-19)26(29)18-5-9-24(25(12-18)30-4)31-14-22-16(2)27-33-17(22)3/h5,8-10,12,15,19,21H,6-7,11,13-14H2,1-4H3. The molecule has 33 heavy (non-hydrogen) atoms. The molecule has 5 rings (SSSR count). The number of furan rings is 1. The maximum Gasteiger partial charge on any atom is 0.254 e. The van der Waals surface area contributed by atoms with Crippen molar-refractivity contribution in [3.63, 3.8) is 0 Å². The average molecular weight is 451 g/mol. The van der Waals surface area contributed by atoms with Crippen molar-refractivity contribution in [2.75, 3.05) is 7.11 Å². The highest BCUT2D eigenvalue weighted by atomic mass is 16.5. The number of rotatable bonds is 9. The number of carbonyl (C=O) groups excluding carboxylic acids is 1. The third-order valence-corrected chi connectivity index (χ3v) is 6.70. The number of aryl methyl sites for hydroxylation is 2. The van der Waals surface area contributed by atoms with E-state index in [4.69, 9.17) is 18.4 Å². The molecule has 7 heteroatoms. The summed E-state index contributed by atoms with van der Waals surface area (Å²) in [5.74, 6) is 4.91. The van der Waals surface area contributed by atoms with Crippen LogP contribution in [0.25, 0.3) is 0 Å². The SMILES string of the molecule is COc1cc(C(=O)N(Cc2ccc(C3CC3C)o2)C2CC2)ccc1OCc1c(C)noc1C. The molecule has 0 aliphatic heterocycles. The predicted octanol–water partition coefficient (Wildman–Crippen LogP) is 5.40. The number of hydrogen-bond donors (Lipinski definition) is 0. The molecular weight excluding hydrogens is 420 g/mol. The lowest BCUT2D eigenvalue weighted by atomic mass is 10.1. The zero-order valence-corrected chi connectivity index (χ0v) is 19.6. The highest BCUT2D eigenvalue weighted by Gasteiger charge is 2.38. The first kappa shape index (κ1) is 21.6. The number of hydrogen-bond acceptors (Lipinski definition) is 6. The molecule has 2 fully saturated rings. The van der Waals surface area contributed by atoms with Crippen LogP contribution in [0.5, 0.6) is 11.5 Å². The number of methoxy groups -OCH3 is 1. The van der Waals surface area contributed by atoms with E-state index >= 15 is 0 Å². The number of amides is 1. The summed E-state index contributed by atoms with van der Waals surface area (Å²) in [7, 11) is 1.58. The Balaban J connectivity index is 1.30. The molecule has 0 saturated heterocycles. The molecule has 2 unspecified atom stereocenters. The number of aromatic nitrogens is 1. The van der Waals surface area contributed by atoms with Gasteiger partial charge in [0.05, 0.1) is 24.9 Å². The summed E-state index contributed by atoms with van der Waals surface area (Å²) in [6, 6.07) is 9.66. The largest absolute Gasteiger partial charge is 0.493 e. The van der Waals surface area contributed by atoms with Crippen LogP contribution in [0.1, 0.15) is 71.0 Å².